The molecule has 2 aromatic rings. The third kappa shape index (κ3) is 5.06. The van der Waals surface area contributed by atoms with E-state index < -0.39 is 10.9 Å². The van der Waals surface area contributed by atoms with Crippen molar-refractivity contribution in [3.8, 4) is 11.8 Å². The second kappa shape index (κ2) is 9.45. The first-order valence-electron chi connectivity index (χ1n) is 9.03. The van der Waals surface area contributed by atoms with Crippen LogP contribution in [-0.4, -0.2) is 48.0 Å². The van der Waals surface area contributed by atoms with Gasteiger partial charge in [-0.15, -0.1) is 0 Å². The molecule has 9 nitrogen and oxygen atoms in total. The van der Waals surface area contributed by atoms with Gasteiger partial charge in [-0.2, -0.15) is 5.26 Å². The van der Waals surface area contributed by atoms with Crippen molar-refractivity contribution in [3.05, 3.63) is 75.3 Å². The molecule has 2 aromatic carbocycles. The number of nitriles is 1. The molecule has 0 aromatic heterocycles. The van der Waals surface area contributed by atoms with E-state index in [2.05, 4.69) is 0 Å². The minimum absolute atomic E-state index is 0.00163. The first kappa shape index (κ1) is 20.7. The molecule has 1 aliphatic rings. The predicted molar refractivity (Wildman–Crippen MR) is 105 cm³/mol. The summed E-state index contributed by atoms with van der Waals surface area (Å²) in [6.07, 6.45) is 1.46. The van der Waals surface area contributed by atoms with E-state index in [9.17, 15) is 25.0 Å². The van der Waals surface area contributed by atoms with Gasteiger partial charge in [0, 0.05) is 25.2 Å². The first-order chi connectivity index (χ1) is 14.5. The van der Waals surface area contributed by atoms with Crippen LogP contribution in [-0.2, 0) is 9.53 Å². The van der Waals surface area contributed by atoms with Gasteiger partial charge in [-0.3, -0.25) is 14.9 Å². The topological polar surface area (TPSA) is 123 Å². The molecule has 1 amide bonds. The number of ether oxygens (including phenoxy) is 2. The van der Waals surface area contributed by atoms with E-state index in [-0.39, 0.29) is 28.5 Å². The SMILES string of the molecule is N#C/C(=C\c1ccc(OC(=O)c2cccc([N+](=O)[O-])c2)cc1)C(=O)N1CCOCC1. The fourth-order valence-corrected chi connectivity index (χ4v) is 2.79. The van der Waals surface area contributed by atoms with Crippen molar-refractivity contribution in [1.29, 1.82) is 5.26 Å². The van der Waals surface area contributed by atoms with E-state index in [0.717, 1.165) is 6.07 Å². The van der Waals surface area contributed by atoms with Gasteiger partial charge < -0.3 is 14.4 Å². The van der Waals surface area contributed by atoms with Gasteiger partial charge in [-0.05, 0) is 29.8 Å². The number of amides is 1. The Bertz CT molecular complexity index is 1030. The zero-order valence-electron chi connectivity index (χ0n) is 15.8. The number of nitrogens with zero attached hydrogens (tertiary/aromatic N) is 3. The Balaban J connectivity index is 1.69. The zero-order chi connectivity index (χ0) is 21.5. The maximum atomic E-state index is 12.4. The normalized spacial score (nSPS) is 14.0. The highest BCUT2D eigenvalue weighted by molar-refractivity contribution is 6.01. The Morgan fingerprint density at radius 2 is 1.87 bits per heavy atom. The summed E-state index contributed by atoms with van der Waals surface area (Å²) < 4.78 is 10.4. The monoisotopic (exact) mass is 407 g/mol. The van der Waals surface area contributed by atoms with Gasteiger partial charge in [0.25, 0.3) is 11.6 Å². The average molecular weight is 407 g/mol. The summed E-state index contributed by atoms with van der Waals surface area (Å²) in [6.45, 7) is 1.75. The molecule has 1 fully saturated rings. The lowest BCUT2D eigenvalue weighted by Gasteiger charge is -2.26. The minimum atomic E-state index is -0.734. The van der Waals surface area contributed by atoms with E-state index in [1.807, 2.05) is 6.07 Å². The predicted octanol–water partition coefficient (Wildman–Crippen LogP) is 2.58. The molecule has 0 saturated carbocycles. The summed E-state index contributed by atoms with van der Waals surface area (Å²) in [5.74, 6) is -0.870. The van der Waals surface area contributed by atoms with Gasteiger partial charge in [0.2, 0.25) is 0 Å². The van der Waals surface area contributed by atoms with Gasteiger partial charge in [-0.1, -0.05) is 18.2 Å². The van der Waals surface area contributed by atoms with Gasteiger partial charge in [0.05, 0.1) is 23.7 Å². The van der Waals surface area contributed by atoms with Crippen LogP contribution in [0.5, 0.6) is 5.75 Å². The van der Waals surface area contributed by atoms with Gasteiger partial charge in [-0.25, -0.2) is 4.79 Å². The standard InChI is InChI=1S/C21H17N3O6/c22-14-17(20(25)23-8-10-29-11-9-23)12-15-4-6-19(7-5-15)30-21(26)16-2-1-3-18(13-16)24(27)28/h1-7,12-13H,8-11H2/b17-12+. The lowest BCUT2D eigenvalue weighted by atomic mass is 10.1. The number of rotatable bonds is 5. The van der Waals surface area contributed by atoms with Crippen molar-refractivity contribution in [2.75, 3.05) is 26.3 Å². The number of non-ortho nitro benzene ring substituents is 1. The van der Waals surface area contributed by atoms with E-state index in [4.69, 9.17) is 9.47 Å². The largest absolute Gasteiger partial charge is 0.423 e. The Kier molecular flexibility index (Phi) is 6.52. The van der Waals surface area contributed by atoms with Crippen LogP contribution in [0.15, 0.2) is 54.1 Å². The molecule has 0 unspecified atom stereocenters. The fraction of sp³-hybridized carbons (Fsp3) is 0.190. The average Bonchev–Trinajstić information content (AvgIpc) is 2.78. The maximum Gasteiger partial charge on any atom is 0.343 e. The molecule has 30 heavy (non-hydrogen) atoms. The Hall–Kier alpha value is -4.03. The number of nitro groups is 1. The third-order valence-electron chi connectivity index (χ3n) is 4.34. The van der Waals surface area contributed by atoms with Crippen LogP contribution >= 0.6 is 0 Å². The molecule has 3 rings (SSSR count). The van der Waals surface area contributed by atoms with Crippen molar-refractivity contribution >= 4 is 23.6 Å². The Labute approximate surface area is 171 Å². The molecule has 9 heteroatoms. The lowest BCUT2D eigenvalue weighted by Crippen LogP contribution is -2.41. The van der Waals surface area contributed by atoms with Crippen LogP contribution < -0.4 is 4.74 Å². The van der Waals surface area contributed by atoms with Crippen LogP contribution in [0.3, 0.4) is 0 Å². The molecule has 0 N–H and O–H groups in total. The Morgan fingerprint density at radius 3 is 2.50 bits per heavy atom. The summed E-state index contributed by atoms with van der Waals surface area (Å²) in [4.78, 5) is 36.4. The maximum absolute atomic E-state index is 12.4. The van der Waals surface area contributed by atoms with Crippen molar-refractivity contribution in [2.45, 2.75) is 0 Å². The second-order valence-electron chi connectivity index (χ2n) is 6.34. The summed E-state index contributed by atoms with van der Waals surface area (Å²) in [5, 5.41) is 20.2. The molecule has 1 saturated heterocycles. The van der Waals surface area contributed by atoms with E-state index in [1.165, 1.54) is 36.4 Å². The number of hydrogen-bond acceptors (Lipinski definition) is 7. The smallest absolute Gasteiger partial charge is 0.343 e. The third-order valence-corrected chi connectivity index (χ3v) is 4.34. The Morgan fingerprint density at radius 1 is 1.17 bits per heavy atom. The van der Waals surface area contributed by atoms with Gasteiger partial charge in [0.15, 0.2) is 0 Å². The first-order valence-corrected chi connectivity index (χ1v) is 9.03. The number of carbonyl (C=O) groups excluding carboxylic acids is 2. The lowest BCUT2D eigenvalue weighted by molar-refractivity contribution is -0.384. The van der Waals surface area contributed by atoms with Crippen molar-refractivity contribution < 1.29 is 24.0 Å². The second-order valence-corrected chi connectivity index (χ2v) is 6.34. The number of hydrogen-bond donors (Lipinski definition) is 0. The number of carbonyl (C=O) groups is 2. The van der Waals surface area contributed by atoms with E-state index >= 15 is 0 Å². The molecule has 0 aliphatic carbocycles. The van der Waals surface area contributed by atoms with Crippen LogP contribution in [0.1, 0.15) is 15.9 Å². The van der Waals surface area contributed by atoms with Crippen molar-refractivity contribution in [2.24, 2.45) is 0 Å². The molecule has 152 valence electrons. The minimum Gasteiger partial charge on any atom is -0.423 e. The van der Waals surface area contributed by atoms with Crippen LogP contribution in [0, 0.1) is 21.4 Å². The molecule has 1 aliphatic heterocycles. The summed E-state index contributed by atoms with van der Waals surface area (Å²) >= 11 is 0. The number of morpholine rings is 1. The number of nitro benzene ring substituents is 1. The molecular formula is C21H17N3O6. The molecule has 0 atom stereocenters. The molecule has 0 bridgehead atoms. The summed E-state index contributed by atoms with van der Waals surface area (Å²) in [7, 11) is 0. The van der Waals surface area contributed by atoms with Gasteiger partial charge >= 0.3 is 5.97 Å². The van der Waals surface area contributed by atoms with Gasteiger partial charge in [0.1, 0.15) is 17.4 Å². The highest BCUT2D eigenvalue weighted by Crippen LogP contribution is 2.19. The molecule has 1 heterocycles. The quantitative estimate of drug-likeness (QED) is 0.186. The van der Waals surface area contributed by atoms with Crippen LogP contribution in [0.25, 0.3) is 6.08 Å². The molecular weight excluding hydrogens is 390 g/mol. The zero-order valence-corrected chi connectivity index (χ0v) is 15.8. The highest BCUT2D eigenvalue weighted by atomic mass is 16.6. The van der Waals surface area contributed by atoms with Crippen LogP contribution in [0.2, 0.25) is 0 Å². The fourth-order valence-electron chi connectivity index (χ4n) is 2.79. The highest BCUT2D eigenvalue weighted by Gasteiger charge is 2.20. The molecule has 0 radical (unpaired) electrons. The molecule has 0 spiro atoms. The van der Waals surface area contributed by atoms with E-state index in [1.54, 1.807) is 17.0 Å². The van der Waals surface area contributed by atoms with Crippen molar-refractivity contribution in [3.63, 3.8) is 0 Å². The number of esters is 1. The summed E-state index contributed by atoms with van der Waals surface area (Å²) in [6, 6.07) is 13.4. The van der Waals surface area contributed by atoms with Crippen LogP contribution in [0.4, 0.5) is 5.69 Å². The van der Waals surface area contributed by atoms with Crippen molar-refractivity contribution in [1.82, 2.24) is 4.90 Å². The summed E-state index contributed by atoms with van der Waals surface area (Å²) in [5.41, 5.74) is 0.427. The van der Waals surface area contributed by atoms with E-state index in [0.29, 0.717) is 31.9 Å². The number of benzene rings is 2.